The maximum atomic E-state index is 4.35. The molecule has 1 N–H and O–H groups in total. The first-order valence-electron chi connectivity index (χ1n) is 4.11. The Balaban J connectivity index is 2.68. The first kappa shape index (κ1) is 10.3. The molecule has 0 bridgehead atoms. The second-order valence-electron chi connectivity index (χ2n) is 3.07. The highest BCUT2D eigenvalue weighted by atomic mass is 79.9. The fourth-order valence-corrected chi connectivity index (χ4v) is 1.10. The molecule has 1 heterocycles. The molecule has 0 spiro atoms. The van der Waals surface area contributed by atoms with Crippen LogP contribution in [0.4, 0.5) is 5.82 Å². The molecule has 1 rings (SSSR count). The summed E-state index contributed by atoms with van der Waals surface area (Å²) in [4.78, 5) is 4.35. The van der Waals surface area contributed by atoms with Crippen molar-refractivity contribution in [2.45, 2.75) is 13.8 Å². The van der Waals surface area contributed by atoms with Crippen LogP contribution < -0.4 is 5.32 Å². The van der Waals surface area contributed by atoms with Crippen molar-refractivity contribution in [2.75, 3.05) is 11.9 Å². The van der Waals surface area contributed by atoms with Crippen LogP contribution in [0.1, 0.15) is 12.6 Å². The van der Waals surface area contributed by atoms with E-state index in [4.69, 9.17) is 0 Å². The van der Waals surface area contributed by atoms with Crippen molar-refractivity contribution in [3.8, 4) is 0 Å². The van der Waals surface area contributed by atoms with Crippen LogP contribution in [0.15, 0.2) is 28.8 Å². The predicted octanol–water partition coefficient (Wildman–Crippen LogP) is 3.14. The predicted molar refractivity (Wildman–Crippen MR) is 60.0 cm³/mol. The largest absolute Gasteiger partial charge is 0.366 e. The molecule has 3 heteroatoms. The minimum absolute atomic E-state index is 0.772. The zero-order valence-corrected chi connectivity index (χ0v) is 9.48. The fraction of sp³-hybridized carbons (Fsp3) is 0.300. The molecule has 0 aliphatic carbocycles. The number of anilines is 1. The van der Waals surface area contributed by atoms with Gasteiger partial charge in [0.15, 0.2) is 0 Å². The van der Waals surface area contributed by atoms with E-state index < -0.39 is 0 Å². The lowest BCUT2D eigenvalue weighted by Crippen LogP contribution is -2.04. The van der Waals surface area contributed by atoms with E-state index in [9.17, 15) is 0 Å². The molecule has 0 radical (unpaired) electrons. The highest BCUT2D eigenvalue weighted by molar-refractivity contribution is 9.10. The van der Waals surface area contributed by atoms with Crippen molar-refractivity contribution in [3.05, 3.63) is 34.5 Å². The zero-order chi connectivity index (χ0) is 9.84. The summed E-state index contributed by atoms with van der Waals surface area (Å²) in [5.41, 5.74) is 2.09. The molecule has 1 aromatic rings. The van der Waals surface area contributed by atoms with Crippen molar-refractivity contribution in [1.29, 1.82) is 0 Å². The molecule has 0 fully saturated rings. The summed E-state index contributed by atoms with van der Waals surface area (Å²) < 4.78 is 1.04. The number of nitrogens with one attached hydrogen (secondary N) is 1. The molecule has 13 heavy (non-hydrogen) atoms. The number of pyridine rings is 1. The molecule has 2 nitrogen and oxygen atoms in total. The van der Waals surface area contributed by atoms with Gasteiger partial charge in [-0.25, -0.2) is 4.98 Å². The Morgan fingerprint density at radius 3 is 2.85 bits per heavy atom. The Labute approximate surface area is 87.2 Å². The Morgan fingerprint density at radius 2 is 2.31 bits per heavy atom. The van der Waals surface area contributed by atoms with Gasteiger partial charge in [0.05, 0.1) is 5.69 Å². The van der Waals surface area contributed by atoms with E-state index >= 15 is 0 Å². The van der Waals surface area contributed by atoms with E-state index in [1.807, 2.05) is 26.0 Å². The lowest BCUT2D eigenvalue weighted by molar-refractivity contribution is 1.12. The number of nitrogens with zero attached hydrogens (tertiary/aromatic N) is 1. The van der Waals surface area contributed by atoms with Gasteiger partial charge in [0, 0.05) is 11.0 Å². The summed E-state index contributed by atoms with van der Waals surface area (Å²) in [7, 11) is 0. The standard InChI is InChI=1S/C10H13BrN2/c1-7(2)6-12-10-5-4-9(11)8(3)13-10/h4-5H,1,6H2,2-3H3,(H,12,13). The van der Waals surface area contributed by atoms with E-state index in [2.05, 4.69) is 32.8 Å². The minimum atomic E-state index is 0.772. The maximum absolute atomic E-state index is 4.35. The topological polar surface area (TPSA) is 24.9 Å². The van der Waals surface area contributed by atoms with Gasteiger partial charge >= 0.3 is 0 Å². The highest BCUT2D eigenvalue weighted by Gasteiger charge is 1.97. The smallest absolute Gasteiger partial charge is 0.126 e. The van der Waals surface area contributed by atoms with Crippen LogP contribution in [0.5, 0.6) is 0 Å². The van der Waals surface area contributed by atoms with Crippen LogP contribution in [-0.4, -0.2) is 11.5 Å². The minimum Gasteiger partial charge on any atom is -0.366 e. The summed E-state index contributed by atoms with van der Waals surface area (Å²) in [5.74, 6) is 0.892. The second-order valence-corrected chi connectivity index (χ2v) is 3.93. The molecule has 0 amide bonds. The molecule has 0 saturated carbocycles. The molecule has 0 saturated heterocycles. The third kappa shape index (κ3) is 3.19. The Morgan fingerprint density at radius 1 is 1.62 bits per heavy atom. The van der Waals surface area contributed by atoms with E-state index in [0.29, 0.717) is 0 Å². The lowest BCUT2D eigenvalue weighted by Gasteiger charge is -2.06. The van der Waals surface area contributed by atoms with Gasteiger partial charge in [0.2, 0.25) is 0 Å². The summed E-state index contributed by atoms with van der Waals surface area (Å²) in [6.45, 7) is 8.54. The Kier molecular flexibility index (Phi) is 3.48. The first-order valence-corrected chi connectivity index (χ1v) is 4.90. The normalized spacial score (nSPS) is 9.77. The number of hydrogen-bond acceptors (Lipinski definition) is 2. The van der Waals surface area contributed by atoms with E-state index in [1.54, 1.807) is 0 Å². The van der Waals surface area contributed by atoms with Gasteiger partial charge in [-0.05, 0) is 41.9 Å². The quantitative estimate of drug-likeness (QED) is 0.822. The third-order valence-corrected chi connectivity index (χ3v) is 2.43. The maximum Gasteiger partial charge on any atom is 0.126 e. The third-order valence-electron chi connectivity index (χ3n) is 1.59. The van der Waals surface area contributed by atoms with Crippen LogP contribution in [0, 0.1) is 6.92 Å². The summed E-state index contributed by atoms with van der Waals surface area (Å²) in [6.07, 6.45) is 0. The van der Waals surface area contributed by atoms with Crippen molar-refractivity contribution in [3.63, 3.8) is 0 Å². The van der Waals surface area contributed by atoms with Crippen molar-refractivity contribution in [1.82, 2.24) is 4.98 Å². The molecule has 0 aliphatic heterocycles. The highest BCUT2D eigenvalue weighted by Crippen LogP contribution is 2.16. The van der Waals surface area contributed by atoms with Crippen LogP contribution in [0.2, 0.25) is 0 Å². The number of halogens is 1. The Hall–Kier alpha value is -0.830. The molecule has 0 atom stereocenters. The first-order chi connectivity index (χ1) is 6.09. The van der Waals surface area contributed by atoms with E-state index in [-0.39, 0.29) is 0 Å². The molecule has 1 aromatic heterocycles. The van der Waals surface area contributed by atoms with Gasteiger partial charge in [-0.1, -0.05) is 12.2 Å². The molecule has 0 aliphatic rings. The van der Waals surface area contributed by atoms with Gasteiger partial charge in [-0.3, -0.25) is 0 Å². The van der Waals surface area contributed by atoms with E-state index in [1.165, 1.54) is 0 Å². The second kappa shape index (κ2) is 4.42. The van der Waals surface area contributed by atoms with Gasteiger partial charge in [0.25, 0.3) is 0 Å². The number of hydrogen-bond donors (Lipinski definition) is 1. The van der Waals surface area contributed by atoms with Crippen molar-refractivity contribution >= 4 is 21.7 Å². The molecular formula is C10H13BrN2. The molecule has 0 aromatic carbocycles. The molecular weight excluding hydrogens is 228 g/mol. The molecule has 70 valence electrons. The van der Waals surface area contributed by atoms with Gasteiger partial charge in [-0.15, -0.1) is 0 Å². The van der Waals surface area contributed by atoms with Crippen LogP contribution in [-0.2, 0) is 0 Å². The Bertz CT molecular complexity index is 321. The average Bonchev–Trinajstić information content (AvgIpc) is 2.07. The fourth-order valence-electron chi connectivity index (χ4n) is 0.884. The van der Waals surface area contributed by atoms with Crippen molar-refractivity contribution < 1.29 is 0 Å². The SMILES string of the molecule is C=C(C)CNc1ccc(Br)c(C)n1. The lowest BCUT2D eigenvalue weighted by atomic mass is 10.3. The average molecular weight is 241 g/mol. The summed E-state index contributed by atoms with van der Waals surface area (Å²) >= 11 is 3.40. The van der Waals surface area contributed by atoms with Crippen LogP contribution in [0.3, 0.4) is 0 Å². The van der Waals surface area contributed by atoms with Crippen LogP contribution in [0.25, 0.3) is 0 Å². The van der Waals surface area contributed by atoms with Gasteiger partial charge < -0.3 is 5.32 Å². The number of aromatic nitrogens is 1. The van der Waals surface area contributed by atoms with Gasteiger partial charge in [-0.2, -0.15) is 0 Å². The van der Waals surface area contributed by atoms with Crippen molar-refractivity contribution in [2.24, 2.45) is 0 Å². The summed E-state index contributed by atoms with van der Waals surface area (Å²) in [5, 5.41) is 3.18. The van der Waals surface area contributed by atoms with E-state index in [0.717, 1.165) is 28.1 Å². The van der Waals surface area contributed by atoms with Crippen LogP contribution >= 0.6 is 15.9 Å². The zero-order valence-electron chi connectivity index (χ0n) is 7.89. The number of rotatable bonds is 3. The monoisotopic (exact) mass is 240 g/mol. The summed E-state index contributed by atoms with van der Waals surface area (Å²) in [6, 6.07) is 3.93. The molecule has 0 unspecified atom stereocenters. The number of aryl methyl sites for hydroxylation is 1. The van der Waals surface area contributed by atoms with Gasteiger partial charge in [0.1, 0.15) is 5.82 Å².